The van der Waals surface area contributed by atoms with Gasteiger partial charge in [-0.2, -0.15) is 0 Å². The smallest absolute Gasteiger partial charge is 0.114 e. The molecular formula is C4H16Al2Br2. The fourth-order valence-electron chi connectivity index (χ4n) is 0.354. The van der Waals surface area contributed by atoms with E-state index < -0.39 is 0 Å². The van der Waals surface area contributed by atoms with E-state index in [9.17, 15) is 0 Å². The van der Waals surface area contributed by atoms with E-state index in [2.05, 4.69) is 6.92 Å². The van der Waals surface area contributed by atoms with Gasteiger partial charge in [0.15, 0.2) is 17.4 Å². The lowest BCUT2D eigenvalue weighted by atomic mass is 10.4. The Hall–Kier alpha value is 2.02. The highest BCUT2D eigenvalue weighted by Gasteiger charge is 1.69. The third-order valence-corrected chi connectivity index (χ3v) is 1.41. The summed E-state index contributed by atoms with van der Waals surface area (Å²) >= 11 is 1.40. The summed E-state index contributed by atoms with van der Waals surface area (Å²) in [5.41, 5.74) is 0. The molecule has 0 aliphatic heterocycles. The molecular weight excluding hydrogens is 262 g/mol. The van der Waals surface area contributed by atoms with Crippen molar-refractivity contribution in [1.29, 1.82) is 0 Å². The largest absolute Gasteiger partial charge is 0.211 e. The van der Waals surface area contributed by atoms with Gasteiger partial charge < -0.3 is 0 Å². The van der Waals surface area contributed by atoms with Crippen molar-refractivity contribution in [1.82, 2.24) is 0 Å². The monoisotopic (exact) mass is 276 g/mol. The second kappa shape index (κ2) is 23.0. The maximum atomic E-state index is 2.23. The molecule has 0 unspecified atom stereocenters. The van der Waals surface area contributed by atoms with Crippen molar-refractivity contribution in [3.63, 3.8) is 0 Å². The first-order chi connectivity index (χ1) is 2.41. The van der Waals surface area contributed by atoms with E-state index >= 15 is 0 Å². The first-order valence-electron chi connectivity index (χ1n) is 2.41. The highest BCUT2D eigenvalue weighted by atomic mass is 79.9. The molecule has 0 aromatic heterocycles. The highest BCUT2D eigenvalue weighted by Crippen LogP contribution is 1.86. The van der Waals surface area contributed by atoms with Crippen LogP contribution in [0.15, 0.2) is 0 Å². The third kappa shape index (κ3) is 24.4. The Morgan fingerprint density at radius 2 is 1.62 bits per heavy atom. The van der Waals surface area contributed by atoms with Gasteiger partial charge in [-0.1, -0.05) is 19.8 Å². The normalized spacial score (nSPS) is 5.12. The zero-order chi connectivity index (χ0) is 4.12. The number of unbranched alkanes of at least 4 members (excludes halogenated alkanes) is 1. The van der Waals surface area contributed by atoms with Crippen molar-refractivity contribution < 1.29 is 0 Å². The van der Waals surface area contributed by atoms with Crippen LogP contribution in [-0.4, -0.2) is 33.7 Å². The fraction of sp³-hybridized carbons (Fsp3) is 1.00. The van der Waals surface area contributed by atoms with E-state index in [1.54, 1.807) is 0 Å². The summed E-state index contributed by atoms with van der Waals surface area (Å²) in [4.78, 5) is 0. The maximum Gasteiger partial charge on any atom is 0.211 e. The Labute approximate surface area is 91.9 Å². The molecule has 0 nitrogen and oxygen atoms in total. The van der Waals surface area contributed by atoms with Crippen LogP contribution in [0.25, 0.3) is 0 Å². The topological polar surface area (TPSA) is 0 Å². The van der Waals surface area contributed by atoms with Crippen molar-refractivity contribution in [3.8, 4) is 0 Å². The van der Waals surface area contributed by atoms with E-state index in [0.717, 1.165) is 0 Å². The Morgan fingerprint density at radius 1 is 1.25 bits per heavy atom. The first kappa shape index (κ1) is 22.5. The summed E-state index contributed by atoms with van der Waals surface area (Å²) in [6, 6.07) is 0. The van der Waals surface area contributed by atoms with Gasteiger partial charge in [0, 0.05) is 0 Å². The minimum absolute atomic E-state index is 0. The van der Waals surface area contributed by atoms with E-state index in [1.807, 2.05) is 0 Å². The van der Waals surface area contributed by atoms with E-state index in [-0.39, 0.29) is 51.3 Å². The lowest BCUT2D eigenvalue weighted by molar-refractivity contribution is 0.884. The van der Waals surface area contributed by atoms with Gasteiger partial charge in [0.05, 0.1) is 0 Å². The molecule has 0 amide bonds. The predicted octanol–water partition coefficient (Wildman–Crippen LogP) is 0.810. The van der Waals surface area contributed by atoms with Crippen LogP contribution < -0.4 is 0 Å². The summed E-state index contributed by atoms with van der Waals surface area (Å²) in [6.45, 7) is 2.23. The molecule has 8 heavy (non-hydrogen) atoms. The second-order valence-electron chi connectivity index (χ2n) is 1.35. The van der Waals surface area contributed by atoms with E-state index in [0.29, 0.717) is 0 Å². The number of halogens is 2. The van der Waals surface area contributed by atoms with Gasteiger partial charge in [-0.3, -0.25) is 0 Å². The van der Waals surface area contributed by atoms with E-state index in [1.165, 1.54) is 34.4 Å². The van der Waals surface area contributed by atoms with Crippen molar-refractivity contribution >= 4 is 67.6 Å². The Bertz CT molecular complexity index is 19.5. The van der Waals surface area contributed by atoms with Crippen LogP contribution in [0.4, 0.5) is 0 Å². The van der Waals surface area contributed by atoms with Gasteiger partial charge >= 0.3 is 0 Å². The predicted molar refractivity (Wildman–Crippen MR) is 58.8 cm³/mol. The Kier molecular flexibility index (Phi) is 64.7. The molecule has 0 aliphatic rings. The van der Waals surface area contributed by atoms with E-state index in [4.69, 9.17) is 0 Å². The molecule has 0 aromatic carbocycles. The molecule has 0 saturated heterocycles. The molecule has 52 valence electrons. The van der Waals surface area contributed by atoms with Gasteiger partial charge in [0.25, 0.3) is 0 Å². The third-order valence-electron chi connectivity index (χ3n) is 0.707. The first-order valence-corrected chi connectivity index (χ1v) is 3.83. The summed E-state index contributed by atoms with van der Waals surface area (Å²) in [7, 11) is 0. The summed E-state index contributed by atoms with van der Waals surface area (Å²) in [5.74, 6) is 0. The van der Waals surface area contributed by atoms with Gasteiger partial charge in [-0.15, -0.1) is 39.2 Å². The van der Waals surface area contributed by atoms with Crippen molar-refractivity contribution in [2.24, 2.45) is 0 Å². The molecule has 0 saturated carbocycles. The standard InChI is InChI=1S/C4H9.2Al.2BrH.5H/c1-3-4-2;;;;;;;;;/h1,3-4H2,2H3;;;2*1H;;;;;. The van der Waals surface area contributed by atoms with Crippen LogP contribution >= 0.6 is 34.0 Å². The summed E-state index contributed by atoms with van der Waals surface area (Å²) in [6.07, 6.45) is 2.83. The van der Waals surface area contributed by atoms with Gasteiger partial charge in [-0.25, -0.2) is 0 Å². The quantitative estimate of drug-likeness (QED) is 0.656. The molecule has 0 atom stereocenters. The molecule has 0 radical (unpaired) electrons. The summed E-state index contributed by atoms with van der Waals surface area (Å²) < 4.78 is 0. The molecule has 0 fully saturated rings. The van der Waals surface area contributed by atoms with Crippen LogP contribution in [-0.2, 0) is 0 Å². The lowest BCUT2D eigenvalue weighted by Gasteiger charge is -1.78. The molecule has 0 aliphatic carbocycles. The molecule has 0 aromatic rings. The number of rotatable bonds is 2. The van der Waals surface area contributed by atoms with Crippen molar-refractivity contribution in [3.05, 3.63) is 0 Å². The Morgan fingerprint density at radius 3 is 1.62 bits per heavy atom. The van der Waals surface area contributed by atoms with Crippen LogP contribution in [0.2, 0.25) is 5.28 Å². The molecule has 0 spiro atoms. The zero-order valence-corrected chi connectivity index (χ0v) is 10.4. The van der Waals surface area contributed by atoms with Crippen molar-refractivity contribution in [2.45, 2.75) is 25.0 Å². The van der Waals surface area contributed by atoms with Gasteiger partial charge in [0.2, 0.25) is 16.3 Å². The Balaban J connectivity index is -0.0000000267. The van der Waals surface area contributed by atoms with Crippen LogP contribution in [0.5, 0.6) is 0 Å². The van der Waals surface area contributed by atoms with Crippen LogP contribution in [0, 0.1) is 0 Å². The minimum atomic E-state index is 0. The molecule has 0 rings (SSSR count). The lowest BCUT2D eigenvalue weighted by Crippen LogP contribution is -1.63. The average Bonchev–Trinajstić information content (AvgIpc) is 1.41. The zero-order valence-electron chi connectivity index (χ0n) is 4.94. The molecule has 0 bridgehead atoms. The fourth-order valence-corrected chi connectivity index (χ4v) is 1.06. The second-order valence-corrected chi connectivity index (χ2v) is 2.35. The maximum absolute atomic E-state index is 2.23. The van der Waals surface area contributed by atoms with Crippen molar-refractivity contribution in [2.75, 3.05) is 0 Å². The van der Waals surface area contributed by atoms with Gasteiger partial charge in [0.1, 0.15) is 0 Å². The molecule has 4 heteroatoms. The van der Waals surface area contributed by atoms with Crippen LogP contribution in [0.3, 0.4) is 0 Å². The molecule has 0 heterocycles. The number of hydrogen-bond donors (Lipinski definition) is 0. The summed E-state index contributed by atoms with van der Waals surface area (Å²) in [5, 5.41) is 1.48. The SMILES string of the molecule is Br.Br.CCC[CH2][AlH2].[AlH3]. The average molecular weight is 278 g/mol. The van der Waals surface area contributed by atoms with Gasteiger partial charge in [-0.05, 0) is 0 Å². The highest BCUT2D eigenvalue weighted by molar-refractivity contribution is 8.93. The molecule has 0 N–H and O–H groups in total. The number of hydrogen-bond acceptors (Lipinski definition) is 0. The minimum Gasteiger partial charge on any atom is -0.114 e. The van der Waals surface area contributed by atoms with Crippen LogP contribution in [0.1, 0.15) is 19.8 Å².